The van der Waals surface area contributed by atoms with Crippen LogP contribution in [0.5, 0.6) is 0 Å². The quantitative estimate of drug-likeness (QED) is 0.493. The van der Waals surface area contributed by atoms with Crippen molar-refractivity contribution in [2.75, 3.05) is 11.9 Å². The van der Waals surface area contributed by atoms with Crippen LogP contribution in [0.3, 0.4) is 0 Å². The largest absolute Gasteiger partial charge is 0.322 e. The van der Waals surface area contributed by atoms with Gasteiger partial charge in [0.2, 0.25) is 15.9 Å². The lowest BCUT2D eigenvalue weighted by Gasteiger charge is -2.22. The van der Waals surface area contributed by atoms with Crippen molar-refractivity contribution in [2.24, 2.45) is 0 Å². The van der Waals surface area contributed by atoms with Crippen LogP contribution in [0.2, 0.25) is 10.0 Å². The molecule has 0 aromatic heterocycles. The summed E-state index contributed by atoms with van der Waals surface area (Å²) in [6.45, 7) is 3.45. The van der Waals surface area contributed by atoms with E-state index in [1.54, 1.807) is 30.3 Å². The summed E-state index contributed by atoms with van der Waals surface area (Å²) in [4.78, 5) is 12.9. The third kappa shape index (κ3) is 5.86. The van der Waals surface area contributed by atoms with Crippen LogP contribution in [0, 0.1) is 13.8 Å². The van der Waals surface area contributed by atoms with E-state index in [2.05, 4.69) is 5.32 Å². The van der Waals surface area contributed by atoms with Gasteiger partial charge in [-0.15, -0.1) is 0 Å². The molecule has 0 atom stereocenters. The van der Waals surface area contributed by atoms with Crippen LogP contribution >= 0.6 is 23.2 Å². The van der Waals surface area contributed by atoms with E-state index in [4.69, 9.17) is 23.2 Å². The van der Waals surface area contributed by atoms with Gasteiger partial charge in [-0.2, -0.15) is 4.31 Å². The van der Waals surface area contributed by atoms with Crippen molar-refractivity contribution in [1.82, 2.24) is 4.31 Å². The molecule has 3 rings (SSSR count). The molecule has 8 heteroatoms. The third-order valence-corrected chi connectivity index (χ3v) is 7.08. The molecule has 3 aromatic carbocycles. The Labute approximate surface area is 192 Å². The van der Waals surface area contributed by atoms with Gasteiger partial charge in [0.15, 0.2) is 0 Å². The minimum Gasteiger partial charge on any atom is -0.322 e. The molecule has 1 N–H and O–H groups in total. The lowest BCUT2D eigenvalue weighted by atomic mass is 10.1. The summed E-state index contributed by atoms with van der Waals surface area (Å²) < 4.78 is 27.8. The van der Waals surface area contributed by atoms with Gasteiger partial charge in [0.25, 0.3) is 0 Å². The van der Waals surface area contributed by atoms with Crippen LogP contribution in [0.4, 0.5) is 5.69 Å². The maximum absolute atomic E-state index is 13.3. The zero-order valence-electron chi connectivity index (χ0n) is 17.1. The van der Waals surface area contributed by atoms with Crippen LogP contribution in [-0.4, -0.2) is 25.2 Å². The van der Waals surface area contributed by atoms with E-state index in [-0.39, 0.29) is 27.2 Å². The van der Waals surface area contributed by atoms with Gasteiger partial charge in [0.1, 0.15) is 0 Å². The number of para-hydroxylation sites is 1. The van der Waals surface area contributed by atoms with Crippen molar-refractivity contribution in [2.45, 2.75) is 25.3 Å². The molecule has 31 heavy (non-hydrogen) atoms. The molecule has 0 aliphatic rings. The van der Waals surface area contributed by atoms with Gasteiger partial charge in [-0.1, -0.05) is 76.8 Å². The number of sulfonamides is 1. The SMILES string of the molecule is Cc1ccc(S(=O)(=O)N(CC(=O)Nc2c(Cl)cccc2Cl)Cc2cccc(C)c2)cc1. The zero-order chi connectivity index (χ0) is 22.6. The maximum atomic E-state index is 13.3. The molecule has 5 nitrogen and oxygen atoms in total. The average Bonchev–Trinajstić information content (AvgIpc) is 2.71. The summed E-state index contributed by atoms with van der Waals surface area (Å²) in [6.07, 6.45) is 0. The summed E-state index contributed by atoms with van der Waals surface area (Å²) in [7, 11) is -3.93. The standard InChI is InChI=1S/C23H22Cl2N2O3S/c1-16-9-11-19(12-10-16)31(29,30)27(14-18-6-3-5-17(2)13-18)15-22(28)26-23-20(24)7-4-8-21(23)25/h3-13H,14-15H2,1-2H3,(H,26,28). The van der Waals surface area contributed by atoms with E-state index in [9.17, 15) is 13.2 Å². The molecule has 0 spiro atoms. The topological polar surface area (TPSA) is 66.5 Å². The highest BCUT2D eigenvalue weighted by molar-refractivity contribution is 7.89. The Bertz CT molecular complexity index is 1180. The molecule has 0 aliphatic carbocycles. The molecular formula is C23H22Cl2N2O3S. The second-order valence-corrected chi connectivity index (χ2v) is 9.97. The predicted molar refractivity (Wildman–Crippen MR) is 125 cm³/mol. The number of hydrogen-bond acceptors (Lipinski definition) is 3. The molecule has 0 saturated heterocycles. The van der Waals surface area contributed by atoms with E-state index in [0.717, 1.165) is 21.0 Å². The normalized spacial score (nSPS) is 11.5. The highest BCUT2D eigenvalue weighted by Gasteiger charge is 2.27. The summed E-state index contributed by atoms with van der Waals surface area (Å²) in [6, 6.07) is 18.9. The highest BCUT2D eigenvalue weighted by Crippen LogP contribution is 2.30. The van der Waals surface area contributed by atoms with E-state index in [1.165, 1.54) is 12.1 Å². The Kier molecular flexibility index (Phi) is 7.38. The van der Waals surface area contributed by atoms with E-state index in [0.29, 0.717) is 0 Å². The van der Waals surface area contributed by atoms with E-state index >= 15 is 0 Å². The molecular weight excluding hydrogens is 455 g/mol. The molecule has 3 aromatic rings. The van der Waals surface area contributed by atoms with Gasteiger partial charge in [-0.25, -0.2) is 8.42 Å². The molecule has 0 fully saturated rings. The number of carbonyl (C=O) groups excluding carboxylic acids is 1. The second kappa shape index (κ2) is 9.83. The maximum Gasteiger partial charge on any atom is 0.243 e. The zero-order valence-corrected chi connectivity index (χ0v) is 19.4. The minimum atomic E-state index is -3.93. The van der Waals surface area contributed by atoms with Gasteiger partial charge < -0.3 is 5.32 Å². The van der Waals surface area contributed by atoms with Crippen LogP contribution in [0.25, 0.3) is 0 Å². The molecule has 0 radical (unpaired) electrons. The summed E-state index contributed by atoms with van der Waals surface area (Å²) in [5.74, 6) is -0.543. The van der Waals surface area contributed by atoms with Crippen molar-refractivity contribution in [3.05, 3.63) is 93.5 Å². The lowest BCUT2D eigenvalue weighted by Crippen LogP contribution is -2.37. The first kappa shape index (κ1) is 23.3. The van der Waals surface area contributed by atoms with Gasteiger partial charge in [-0.3, -0.25) is 4.79 Å². The molecule has 0 saturated carbocycles. The van der Waals surface area contributed by atoms with Crippen molar-refractivity contribution in [1.29, 1.82) is 0 Å². The number of rotatable bonds is 7. The molecule has 0 unspecified atom stereocenters. The van der Waals surface area contributed by atoms with Crippen molar-refractivity contribution in [3.63, 3.8) is 0 Å². The van der Waals surface area contributed by atoms with E-state index in [1.807, 2.05) is 38.1 Å². The summed E-state index contributed by atoms with van der Waals surface area (Å²) in [5, 5.41) is 3.17. The molecule has 162 valence electrons. The fourth-order valence-corrected chi connectivity index (χ4v) is 4.93. The van der Waals surface area contributed by atoms with Gasteiger partial charge in [0, 0.05) is 6.54 Å². The lowest BCUT2D eigenvalue weighted by molar-refractivity contribution is -0.116. The van der Waals surface area contributed by atoms with E-state index < -0.39 is 22.5 Å². The van der Waals surface area contributed by atoms with Crippen molar-refractivity contribution >= 4 is 44.8 Å². The predicted octanol–water partition coefficient (Wildman–Crippen LogP) is 5.44. The number of nitrogens with one attached hydrogen (secondary N) is 1. The number of benzene rings is 3. The van der Waals surface area contributed by atoms with Crippen molar-refractivity contribution < 1.29 is 13.2 Å². The molecule has 0 heterocycles. The first-order valence-electron chi connectivity index (χ1n) is 9.53. The monoisotopic (exact) mass is 476 g/mol. The first-order chi connectivity index (χ1) is 14.7. The minimum absolute atomic E-state index is 0.0432. The number of amides is 1. The Hall–Kier alpha value is -2.38. The third-order valence-electron chi connectivity index (χ3n) is 4.65. The molecule has 0 aliphatic heterocycles. The number of carbonyl (C=O) groups is 1. The van der Waals surface area contributed by atoms with Crippen LogP contribution < -0.4 is 5.32 Å². The first-order valence-corrected chi connectivity index (χ1v) is 11.7. The Morgan fingerprint density at radius 3 is 2.13 bits per heavy atom. The summed E-state index contributed by atoms with van der Waals surface area (Å²) >= 11 is 12.3. The highest BCUT2D eigenvalue weighted by atomic mass is 35.5. The Balaban J connectivity index is 1.91. The van der Waals surface area contributed by atoms with Gasteiger partial charge in [0.05, 0.1) is 27.2 Å². The molecule has 1 amide bonds. The van der Waals surface area contributed by atoms with Crippen molar-refractivity contribution in [3.8, 4) is 0 Å². The number of anilines is 1. The smallest absolute Gasteiger partial charge is 0.243 e. The van der Waals surface area contributed by atoms with Crippen LogP contribution in [0.1, 0.15) is 16.7 Å². The van der Waals surface area contributed by atoms with Gasteiger partial charge >= 0.3 is 0 Å². The summed E-state index contributed by atoms with van der Waals surface area (Å²) in [5.41, 5.74) is 2.96. The Morgan fingerprint density at radius 2 is 1.52 bits per heavy atom. The number of hydrogen-bond donors (Lipinski definition) is 1. The fourth-order valence-electron chi connectivity index (χ4n) is 3.06. The number of halogens is 2. The van der Waals surface area contributed by atoms with Crippen LogP contribution in [0.15, 0.2) is 71.6 Å². The number of aryl methyl sites for hydroxylation is 2. The number of nitrogens with zero attached hydrogens (tertiary/aromatic N) is 1. The Morgan fingerprint density at radius 1 is 0.903 bits per heavy atom. The second-order valence-electron chi connectivity index (χ2n) is 7.22. The fraction of sp³-hybridized carbons (Fsp3) is 0.174. The van der Waals surface area contributed by atoms with Gasteiger partial charge in [-0.05, 0) is 43.7 Å². The molecule has 0 bridgehead atoms. The average molecular weight is 477 g/mol. The van der Waals surface area contributed by atoms with Crippen LogP contribution in [-0.2, 0) is 21.4 Å².